The highest BCUT2D eigenvalue weighted by Gasteiger charge is 2.43. The van der Waals surface area contributed by atoms with Gasteiger partial charge in [0.25, 0.3) is 0 Å². The largest absolute Gasteiger partial charge is 0.508 e. The number of benzene rings is 1. The number of carbonyl (C=O) groups excluding carboxylic acids is 1. The molecule has 2 aliphatic carbocycles. The molecule has 0 aliphatic heterocycles. The van der Waals surface area contributed by atoms with E-state index in [2.05, 4.69) is 21.0 Å². The number of nitrogens with zero attached hydrogens (tertiary/aromatic N) is 3. The minimum atomic E-state index is -0.390. The molecular weight excluding hydrogens is 378 g/mol. The second-order valence-corrected chi connectivity index (χ2v) is 7.50. The zero-order chi connectivity index (χ0) is 19.4. The van der Waals surface area contributed by atoms with Gasteiger partial charge in [0.2, 0.25) is 5.91 Å². The Kier molecular flexibility index (Phi) is 3.73. The maximum absolute atomic E-state index is 12.0. The van der Waals surface area contributed by atoms with Crippen LogP contribution >= 0.6 is 11.6 Å². The second-order valence-electron chi connectivity index (χ2n) is 7.09. The molecule has 5 rings (SSSR count). The third kappa shape index (κ3) is 2.58. The van der Waals surface area contributed by atoms with Crippen molar-refractivity contribution < 1.29 is 9.90 Å². The fourth-order valence-electron chi connectivity index (χ4n) is 4.04. The van der Waals surface area contributed by atoms with Crippen LogP contribution in [0.5, 0.6) is 5.75 Å². The molecule has 2 bridgehead atoms. The number of aromatic hydroxyl groups is 1. The molecule has 140 valence electrons. The predicted octanol–water partition coefficient (Wildman–Crippen LogP) is 3.51. The second kappa shape index (κ2) is 6.17. The number of aromatic amines is 1. The number of fused-ring (bicyclic) bond motifs is 3. The van der Waals surface area contributed by atoms with Gasteiger partial charge < -0.3 is 15.8 Å². The lowest BCUT2D eigenvalue weighted by Gasteiger charge is -2.17. The van der Waals surface area contributed by atoms with Crippen LogP contribution in [0.25, 0.3) is 22.6 Å². The number of aliphatic imine (C=N–C) groups is 1. The highest BCUT2D eigenvalue weighted by molar-refractivity contribution is 6.34. The fraction of sp³-hybridized carbons (Fsp3) is 0.200. The lowest BCUT2D eigenvalue weighted by molar-refractivity contribution is -0.120. The number of phenols is 1. The Morgan fingerprint density at radius 2 is 2.11 bits per heavy atom. The minimum Gasteiger partial charge on any atom is -0.508 e. The topological polar surface area (TPSA) is 117 Å². The van der Waals surface area contributed by atoms with Crippen molar-refractivity contribution in [1.29, 1.82) is 0 Å². The normalized spacial score (nSPS) is 22.2. The molecule has 4 N–H and O–H groups in total. The molecule has 1 aromatic carbocycles. The van der Waals surface area contributed by atoms with Crippen LogP contribution in [0.4, 0.5) is 5.69 Å². The number of amides is 1. The zero-order valence-corrected chi connectivity index (χ0v) is 15.4. The van der Waals surface area contributed by atoms with Crippen LogP contribution in [0.15, 0.2) is 47.1 Å². The van der Waals surface area contributed by atoms with Crippen molar-refractivity contribution in [3.05, 3.63) is 47.1 Å². The van der Waals surface area contributed by atoms with Gasteiger partial charge in [0.1, 0.15) is 22.8 Å². The number of H-pyrrole nitrogens is 1. The smallest absolute Gasteiger partial charge is 0.226 e. The van der Waals surface area contributed by atoms with Gasteiger partial charge in [-0.2, -0.15) is 0 Å². The number of nitrogens with two attached hydrogens (primary N) is 1. The lowest BCUT2D eigenvalue weighted by atomic mass is 9.90. The Morgan fingerprint density at radius 1 is 1.32 bits per heavy atom. The Bertz CT molecular complexity index is 1180. The molecule has 2 aliphatic rings. The highest BCUT2D eigenvalue weighted by Crippen LogP contribution is 2.44. The van der Waals surface area contributed by atoms with Crippen molar-refractivity contribution in [1.82, 2.24) is 15.0 Å². The SMILES string of the molecule is NC(=O)C1C(=Nc2c(Cl)cnc3nc(-c4ccc(O)cc4)[nH]c23)C2=CCC1C2. The van der Waals surface area contributed by atoms with Gasteiger partial charge in [-0.1, -0.05) is 17.7 Å². The number of imidazole rings is 1. The van der Waals surface area contributed by atoms with Crippen LogP contribution in [0.3, 0.4) is 0 Å². The van der Waals surface area contributed by atoms with E-state index in [9.17, 15) is 9.90 Å². The van der Waals surface area contributed by atoms with E-state index in [0.29, 0.717) is 33.4 Å². The number of aromatic nitrogens is 3. The maximum Gasteiger partial charge on any atom is 0.226 e. The van der Waals surface area contributed by atoms with Crippen LogP contribution in [-0.2, 0) is 4.79 Å². The van der Waals surface area contributed by atoms with Crippen molar-refractivity contribution in [2.24, 2.45) is 22.6 Å². The van der Waals surface area contributed by atoms with Gasteiger partial charge in [-0.05, 0) is 48.6 Å². The summed E-state index contributed by atoms with van der Waals surface area (Å²) in [6.45, 7) is 0. The van der Waals surface area contributed by atoms with E-state index in [4.69, 9.17) is 22.3 Å². The summed E-state index contributed by atoms with van der Waals surface area (Å²) in [5.41, 5.74) is 9.75. The maximum atomic E-state index is 12.0. The Morgan fingerprint density at radius 3 is 2.86 bits per heavy atom. The van der Waals surface area contributed by atoms with Gasteiger partial charge >= 0.3 is 0 Å². The summed E-state index contributed by atoms with van der Waals surface area (Å²) in [5, 5.41) is 9.85. The number of rotatable bonds is 3. The Labute approximate surface area is 165 Å². The van der Waals surface area contributed by atoms with Crippen molar-refractivity contribution in [2.45, 2.75) is 12.8 Å². The summed E-state index contributed by atoms with van der Waals surface area (Å²) in [4.78, 5) is 28.8. The van der Waals surface area contributed by atoms with Crippen molar-refractivity contribution >= 4 is 40.1 Å². The summed E-state index contributed by atoms with van der Waals surface area (Å²) >= 11 is 6.40. The van der Waals surface area contributed by atoms with Gasteiger partial charge in [-0.3, -0.25) is 4.79 Å². The number of halogens is 1. The zero-order valence-electron chi connectivity index (χ0n) is 14.7. The molecule has 0 radical (unpaired) electrons. The molecule has 7 nitrogen and oxygen atoms in total. The van der Waals surface area contributed by atoms with Gasteiger partial charge in [-0.25, -0.2) is 15.0 Å². The third-order valence-corrected chi connectivity index (χ3v) is 5.65. The first-order valence-corrected chi connectivity index (χ1v) is 9.30. The van der Waals surface area contributed by atoms with Crippen LogP contribution in [0, 0.1) is 11.8 Å². The van der Waals surface area contributed by atoms with E-state index in [1.807, 2.05) is 0 Å². The third-order valence-electron chi connectivity index (χ3n) is 5.37. The van der Waals surface area contributed by atoms with Gasteiger partial charge in [0.05, 0.1) is 22.8 Å². The number of allylic oxidation sites excluding steroid dienone is 2. The summed E-state index contributed by atoms with van der Waals surface area (Å²) in [6, 6.07) is 6.68. The van der Waals surface area contributed by atoms with Crippen molar-refractivity contribution in [3.8, 4) is 17.1 Å². The summed E-state index contributed by atoms with van der Waals surface area (Å²) in [5.74, 6) is 0.207. The minimum absolute atomic E-state index is 0.176. The fourth-order valence-corrected chi connectivity index (χ4v) is 4.23. The molecule has 1 fully saturated rings. The van der Waals surface area contributed by atoms with Crippen LogP contribution in [-0.4, -0.2) is 31.7 Å². The first kappa shape index (κ1) is 16.9. The average molecular weight is 394 g/mol. The molecule has 2 unspecified atom stereocenters. The summed E-state index contributed by atoms with van der Waals surface area (Å²) in [6.07, 6.45) is 5.30. The average Bonchev–Trinajstić information content (AvgIpc) is 3.38. The van der Waals surface area contributed by atoms with E-state index in [0.717, 1.165) is 24.0 Å². The molecule has 1 amide bonds. The monoisotopic (exact) mass is 393 g/mol. The molecular formula is C20H16ClN5O2. The molecule has 1 saturated carbocycles. The van der Waals surface area contributed by atoms with Gasteiger partial charge in [-0.15, -0.1) is 0 Å². The number of phenolic OH excluding ortho intramolecular Hbond substituents is 1. The molecule has 0 saturated heterocycles. The number of primary amides is 1. The highest BCUT2D eigenvalue weighted by atomic mass is 35.5. The number of pyridine rings is 1. The Hall–Kier alpha value is -3.19. The molecule has 2 atom stereocenters. The first-order chi connectivity index (χ1) is 13.5. The Balaban J connectivity index is 1.66. The van der Waals surface area contributed by atoms with E-state index >= 15 is 0 Å². The molecule has 3 aromatic rings. The summed E-state index contributed by atoms with van der Waals surface area (Å²) in [7, 11) is 0. The first-order valence-electron chi connectivity index (χ1n) is 8.92. The van der Waals surface area contributed by atoms with Gasteiger partial charge in [0.15, 0.2) is 5.65 Å². The van der Waals surface area contributed by atoms with E-state index in [1.165, 1.54) is 6.20 Å². The van der Waals surface area contributed by atoms with E-state index < -0.39 is 5.92 Å². The standard InChI is InChI=1S/C20H16ClN5O2/c21-13-8-23-20-17(25-19(26-20)9-3-5-12(27)6-4-9)16(13)24-15-11-2-1-10(7-11)14(15)18(22)28/h2-6,8,10,14,27H,1,7H2,(H2,22,28)(H,23,25,26). The number of carbonyl (C=O) groups is 1. The van der Waals surface area contributed by atoms with Crippen LogP contribution in [0.2, 0.25) is 5.02 Å². The number of hydrogen-bond acceptors (Lipinski definition) is 5. The summed E-state index contributed by atoms with van der Waals surface area (Å²) < 4.78 is 0. The number of nitrogens with one attached hydrogen (secondary N) is 1. The van der Waals surface area contributed by atoms with E-state index in [1.54, 1.807) is 24.3 Å². The quantitative estimate of drug-likeness (QED) is 0.631. The molecule has 2 heterocycles. The van der Waals surface area contributed by atoms with Crippen molar-refractivity contribution in [3.63, 3.8) is 0 Å². The van der Waals surface area contributed by atoms with Crippen LogP contribution < -0.4 is 5.73 Å². The molecule has 2 aromatic heterocycles. The van der Waals surface area contributed by atoms with Crippen LogP contribution in [0.1, 0.15) is 12.8 Å². The van der Waals surface area contributed by atoms with Gasteiger partial charge in [0, 0.05) is 5.56 Å². The lowest BCUT2D eigenvalue weighted by Crippen LogP contribution is -2.32. The predicted molar refractivity (Wildman–Crippen MR) is 107 cm³/mol. The molecule has 0 spiro atoms. The van der Waals surface area contributed by atoms with E-state index in [-0.39, 0.29) is 17.6 Å². The van der Waals surface area contributed by atoms with Crippen molar-refractivity contribution in [2.75, 3.05) is 0 Å². The number of hydrogen-bond donors (Lipinski definition) is 3. The molecule has 8 heteroatoms. The molecule has 28 heavy (non-hydrogen) atoms.